The van der Waals surface area contributed by atoms with E-state index in [-0.39, 0.29) is 0 Å². The zero-order valence-electron chi connectivity index (χ0n) is 11.4. The molecule has 4 heteroatoms. The molecule has 0 spiro atoms. The van der Waals surface area contributed by atoms with Gasteiger partial charge in [0.2, 0.25) is 0 Å². The first-order valence-corrected chi connectivity index (χ1v) is 6.63. The monoisotopic (exact) mass is 257 g/mol. The van der Waals surface area contributed by atoms with Gasteiger partial charge in [0.25, 0.3) is 0 Å². The Kier molecular flexibility index (Phi) is 3.03. The van der Waals surface area contributed by atoms with Gasteiger partial charge in [-0.05, 0) is 43.1 Å². The van der Waals surface area contributed by atoms with Crippen LogP contribution in [0.1, 0.15) is 29.4 Å². The number of benzene rings is 1. The Labute approximate surface area is 113 Å². The highest BCUT2D eigenvalue weighted by Gasteiger charge is 2.26. The quantitative estimate of drug-likeness (QED) is 0.917. The van der Waals surface area contributed by atoms with Crippen molar-refractivity contribution < 1.29 is 5.11 Å². The third-order valence-electron chi connectivity index (χ3n) is 4.02. The number of nitrogens with zero attached hydrogens (tertiary/aromatic N) is 3. The van der Waals surface area contributed by atoms with E-state index in [1.165, 1.54) is 11.1 Å². The van der Waals surface area contributed by atoms with Crippen LogP contribution < -0.4 is 0 Å². The first-order valence-electron chi connectivity index (χ1n) is 6.63. The molecule has 1 unspecified atom stereocenters. The first kappa shape index (κ1) is 12.2. The van der Waals surface area contributed by atoms with Crippen LogP contribution in [0.25, 0.3) is 0 Å². The lowest BCUT2D eigenvalue weighted by atomic mass is 10.1. The summed E-state index contributed by atoms with van der Waals surface area (Å²) in [6, 6.07) is 6.15. The summed E-state index contributed by atoms with van der Waals surface area (Å²) in [5, 5.41) is 9.54. The number of aryl methyl sites for hydroxylation is 2. The fraction of sp³-hybridized carbons (Fsp3) is 0.400. The van der Waals surface area contributed by atoms with Crippen LogP contribution in [-0.2, 0) is 20.0 Å². The molecular weight excluding hydrogens is 238 g/mol. The standard InChI is InChI=1S/C15H19N3O/c1-17-8-7-16-15(17)10-18(2)14-6-3-11-9-12(19)4-5-13(11)14/h4-5,7-9,14,19H,3,6,10H2,1-2H3. The van der Waals surface area contributed by atoms with Crippen LogP contribution in [0.5, 0.6) is 5.75 Å². The van der Waals surface area contributed by atoms with Crippen molar-refractivity contribution in [3.8, 4) is 5.75 Å². The summed E-state index contributed by atoms with van der Waals surface area (Å²) in [7, 11) is 4.16. The van der Waals surface area contributed by atoms with Gasteiger partial charge in [0.15, 0.2) is 0 Å². The van der Waals surface area contributed by atoms with Crippen LogP contribution in [0.2, 0.25) is 0 Å². The minimum atomic E-state index is 0.367. The van der Waals surface area contributed by atoms with Crippen molar-refractivity contribution in [2.75, 3.05) is 7.05 Å². The molecule has 4 nitrogen and oxygen atoms in total. The predicted octanol–water partition coefficient (Wildman–Crippen LogP) is 2.25. The Morgan fingerprint density at radius 3 is 3.05 bits per heavy atom. The second-order valence-electron chi connectivity index (χ2n) is 5.31. The summed E-state index contributed by atoms with van der Waals surface area (Å²) < 4.78 is 2.06. The second-order valence-corrected chi connectivity index (χ2v) is 5.31. The number of phenolic OH excluding ortho intramolecular Hbond substituents is 1. The van der Waals surface area contributed by atoms with Crippen molar-refractivity contribution in [2.24, 2.45) is 7.05 Å². The number of fused-ring (bicyclic) bond motifs is 1. The Bertz CT molecular complexity index is 591. The number of hydrogen-bond donors (Lipinski definition) is 1. The number of rotatable bonds is 3. The van der Waals surface area contributed by atoms with Crippen LogP contribution in [-0.4, -0.2) is 26.6 Å². The lowest BCUT2D eigenvalue weighted by Crippen LogP contribution is -2.24. The largest absolute Gasteiger partial charge is 0.508 e. The number of aromatic nitrogens is 2. The van der Waals surface area contributed by atoms with Gasteiger partial charge >= 0.3 is 0 Å². The molecule has 1 heterocycles. The molecule has 1 aliphatic rings. The molecule has 100 valence electrons. The van der Waals surface area contributed by atoms with Crippen molar-refractivity contribution in [3.05, 3.63) is 47.5 Å². The third kappa shape index (κ3) is 2.24. The third-order valence-corrected chi connectivity index (χ3v) is 4.02. The molecule has 19 heavy (non-hydrogen) atoms. The van der Waals surface area contributed by atoms with Gasteiger partial charge in [0, 0.05) is 25.5 Å². The second kappa shape index (κ2) is 4.70. The van der Waals surface area contributed by atoms with E-state index >= 15 is 0 Å². The summed E-state index contributed by atoms with van der Waals surface area (Å²) in [5.41, 5.74) is 2.62. The number of imidazole rings is 1. The normalized spacial score (nSPS) is 17.9. The summed E-state index contributed by atoms with van der Waals surface area (Å²) in [6.07, 6.45) is 5.96. The van der Waals surface area contributed by atoms with Gasteiger partial charge in [-0.25, -0.2) is 4.98 Å². The summed E-state index contributed by atoms with van der Waals surface area (Å²) in [4.78, 5) is 6.72. The maximum absolute atomic E-state index is 9.54. The number of hydrogen-bond acceptors (Lipinski definition) is 3. The van der Waals surface area contributed by atoms with Gasteiger partial charge in [-0.1, -0.05) is 6.07 Å². The average molecular weight is 257 g/mol. The van der Waals surface area contributed by atoms with Crippen molar-refractivity contribution in [3.63, 3.8) is 0 Å². The summed E-state index contributed by atoms with van der Waals surface area (Å²) in [6.45, 7) is 0.842. The first-order chi connectivity index (χ1) is 9.15. The van der Waals surface area contributed by atoms with Gasteiger partial charge in [0.1, 0.15) is 11.6 Å². The molecule has 1 atom stereocenters. The van der Waals surface area contributed by atoms with Crippen molar-refractivity contribution >= 4 is 0 Å². The minimum Gasteiger partial charge on any atom is -0.508 e. The van der Waals surface area contributed by atoms with Gasteiger partial charge < -0.3 is 9.67 Å². The molecular formula is C15H19N3O. The van der Waals surface area contributed by atoms with E-state index in [0.717, 1.165) is 25.2 Å². The Morgan fingerprint density at radius 1 is 1.47 bits per heavy atom. The molecule has 0 saturated carbocycles. The van der Waals surface area contributed by atoms with Gasteiger partial charge in [-0.3, -0.25) is 4.90 Å². The minimum absolute atomic E-state index is 0.367. The van der Waals surface area contributed by atoms with Gasteiger partial charge in [-0.15, -0.1) is 0 Å². The van der Waals surface area contributed by atoms with Crippen molar-refractivity contribution in [2.45, 2.75) is 25.4 Å². The van der Waals surface area contributed by atoms with Crippen LogP contribution in [0.3, 0.4) is 0 Å². The van der Waals surface area contributed by atoms with Gasteiger partial charge in [0.05, 0.1) is 6.54 Å². The fourth-order valence-corrected chi connectivity index (χ4v) is 2.92. The fourth-order valence-electron chi connectivity index (χ4n) is 2.92. The maximum Gasteiger partial charge on any atom is 0.122 e. The highest BCUT2D eigenvalue weighted by molar-refractivity contribution is 5.40. The Morgan fingerprint density at radius 2 is 2.32 bits per heavy atom. The van der Waals surface area contributed by atoms with E-state index in [4.69, 9.17) is 0 Å². The number of phenols is 1. The van der Waals surface area contributed by atoms with Gasteiger partial charge in [-0.2, -0.15) is 0 Å². The molecule has 2 aromatic rings. The average Bonchev–Trinajstić information content (AvgIpc) is 2.96. The van der Waals surface area contributed by atoms with E-state index in [1.54, 1.807) is 6.07 Å². The molecule has 1 N–H and O–H groups in total. The van der Waals surface area contributed by atoms with E-state index in [2.05, 4.69) is 27.6 Å². The molecule has 0 bridgehead atoms. The zero-order valence-corrected chi connectivity index (χ0v) is 11.4. The molecule has 1 aromatic carbocycles. The molecule has 0 radical (unpaired) electrons. The summed E-state index contributed by atoms with van der Waals surface area (Å²) in [5.74, 6) is 1.45. The summed E-state index contributed by atoms with van der Waals surface area (Å²) >= 11 is 0. The lowest BCUT2D eigenvalue weighted by Gasteiger charge is -2.24. The van der Waals surface area contributed by atoms with Crippen LogP contribution in [0, 0.1) is 0 Å². The molecule has 1 aliphatic carbocycles. The maximum atomic E-state index is 9.54. The lowest BCUT2D eigenvalue weighted by molar-refractivity contribution is 0.228. The molecule has 0 fully saturated rings. The predicted molar refractivity (Wildman–Crippen MR) is 73.8 cm³/mol. The molecule has 0 saturated heterocycles. The van der Waals surface area contributed by atoms with Crippen molar-refractivity contribution in [1.82, 2.24) is 14.5 Å². The Hall–Kier alpha value is -1.81. The molecule has 0 amide bonds. The van der Waals surface area contributed by atoms with Crippen molar-refractivity contribution in [1.29, 1.82) is 0 Å². The Balaban J connectivity index is 1.80. The van der Waals surface area contributed by atoms with Crippen LogP contribution in [0.4, 0.5) is 0 Å². The highest BCUT2D eigenvalue weighted by atomic mass is 16.3. The van der Waals surface area contributed by atoms with Crippen LogP contribution >= 0.6 is 0 Å². The SMILES string of the molecule is CN(Cc1nccn1C)C1CCc2cc(O)ccc21. The van der Waals surface area contributed by atoms with E-state index in [9.17, 15) is 5.11 Å². The van der Waals surface area contributed by atoms with E-state index in [1.807, 2.05) is 25.5 Å². The molecule has 0 aliphatic heterocycles. The topological polar surface area (TPSA) is 41.3 Å². The van der Waals surface area contributed by atoms with Crippen LogP contribution in [0.15, 0.2) is 30.6 Å². The van der Waals surface area contributed by atoms with E-state index in [0.29, 0.717) is 11.8 Å². The number of aromatic hydroxyl groups is 1. The molecule has 1 aromatic heterocycles. The molecule has 3 rings (SSSR count). The highest BCUT2D eigenvalue weighted by Crippen LogP contribution is 2.37. The smallest absolute Gasteiger partial charge is 0.122 e. The zero-order chi connectivity index (χ0) is 13.4. The van der Waals surface area contributed by atoms with E-state index < -0.39 is 0 Å².